The highest BCUT2D eigenvalue weighted by Crippen LogP contribution is 2.31. The summed E-state index contributed by atoms with van der Waals surface area (Å²) >= 11 is 6.07. The van der Waals surface area contributed by atoms with Crippen molar-refractivity contribution in [1.29, 1.82) is 0 Å². The van der Waals surface area contributed by atoms with Crippen molar-refractivity contribution >= 4 is 34.8 Å². The average molecular weight is 400 g/mol. The zero-order chi connectivity index (χ0) is 19.5. The highest BCUT2D eigenvalue weighted by atomic mass is 35.5. The Kier molecular flexibility index (Phi) is 5.39. The van der Waals surface area contributed by atoms with Crippen LogP contribution in [0.3, 0.4) is 0 Å². The first kappa shape index (κ1) is 18.6. The van der Waals surface area contributed by atoms with E-state index in [-0.39, 0.29) is 18.4 Å². The molecule has 0 unspecified atom stereocenters. The maximum Gasteiger partial charge on any atom is 0.265 e. The van der Waals surface area contributed by atoms with Crippen molar-refractivity contribution in [2.24, 2.45) is 0 Å². The molecule has 7 heteroatoms. The first-order valence-corrected chi connectivity index (χ1v) is 9.80. The fourth-order valence-electron chi connectivity index (χ4n) is 3.65. The maximum absolute atomic E-state index is 12.7. The minimum Gasteiger partial charge on any atom is -0.482 e. The summed E-state index contributed by atoms with van der Waals surface area (Å²) < 4.78 is 5.45. The molecule has 2 heterocycles. The second-order valence-electron chi connectivity index (χ2n) is 6.90. The van der Waals surface area contributed by atoms with E-state index in [1.807, 2.05) is 53.4 Å². The van der Waals surface area contributed by atoms with Gasteiger partial charge in [-0.25, -0.2) is 0 Å². The van der Waals surface area contributed by atoms with Gasteiger partial charge in [-0.3, -0.25) is 9.59 Å². The van der Waals surface area contributed by atoms with Gasteiger partial charge in [0.05, 0.1) is 5.69 Å². The lowest BCUT2D eigenvalue weighted by Gasteiger charge is -2.36. The van der Waals surface area contributed by atoms with Crippen molar-refractivity contribution in [2.45, 2.75) is 6.42 Å². The molecule has 146 valence electrons. The van der Waals surface area contributed by atoms with Crippen LogP contribution in [0.25, 0.3) is 0 Å². The molecule has 2 aromatic carbocycles. The van der Waals surface area contributed by atoms with Gasteiger partial charge in [-0.15, -0.1) is 0 Å². The van der Waals surface area contributed by atoms with Crippen LogP contribution < -0.4 is 14.5 Å². The Morgan fingerprint density at radius 1 is 1.04 bits per heavy atom. The molecule has 4 rings (SSSR count). The zero-order valence-electron chi connectivity index (χ0n) is 15.5. The van der Waals surface area contributed by atoms with Crippen molar-refractivity contribution in [1.82, 2.24) is 4.90 Å². The topological polar surface area (TPSA) is 53.1 Å². The molecule has 0 saturated carbocycles. The molecule has 0 N–H and O–H groups in total. The second kappa shape index (κ2) is 8.10. The first-order chi connectivity index (χ1) is 13.6. The smallest absolute Gasteiger partial charge is 0.265 e. The molecular weight excluding hydrogens is 378 g/mol. The number of rotatable bonds is 4. The largest absolute Gasteiger partial charge is 0.482 e. The number of carbonyl (C=O) groups excluding carboxylic acids is 2. The number of piperazine rings is 1. The van der Waals surface area contributed by atoms with E-state index in [4.69, 9.17) is 16.3 Å². The summed E-state index contributed by atoms with van der Waals surface area (Å²) in [5, 5.41) is 0.714. The molecule has 0 spiro atoms. The summed E-state index contributed by atoms with van der Waals surface area (Å²) in [7, 11) is 0. The van der Waals surface area contributed by atoms with Gasteiger partial charge in [0.15, 0.2) is 6.61 Å². The predicted molar refractivity (Wildman–Crippen MR) is 109 cm³/mol. The lowest BCUT2D eigenvalue weighted by Crippen LogP contribution is -2.49. The molecule has 0 atom stereocenters. The van der Waals surface area contributed by atoms with Gasteiger partial charge in [-0.05, 0) is 30.3 Å². The van der Waals surface area contributed by atoms with Crippen LogP contribution in [-0.2, 0) is 9.59 Å². The number of benzene rings is 2. The molecule has 2 aliphatic heterocycles. The Bertz CT molecular complexity index is 881. The van der Waals surface area contributed by atoms with Gasteiger partial charge >= 0.3 is 0 Å². The normalized spacial score (nSPS) is 16.6. The Balaban J connectivity index is 1.32. The van der Waals surface area contributed by atoms with Crippen LogP contribution in [0, 0.1) is 0 Å². The van der Waals surface area contributed by atoms with Crippen LogP contribution in [-0.4, -0.2) is 56.0 Å². The number of halogens is 1. The van der Waals surface area contributed by atoms with Crippen LogP contribution in [0.5, 0.6) is 5.75 Å². The van der Waals surface area contributed by atoms with Crippen LogP contribution in [0.4, 0.5) is 11.4 Å². The van der Waals surface area contributed by atoms with Crippen molar-refractivity contribution in [3.8, 4) is 5.75 Å². The van der Waals surface area contributed by atoms with Gasteiger partial charge in [-0.2, -0.15) is 0 Å². The molecule has 2 aromatic rings. The standard InChI is InChI=1S/C21H22ClN3O3/c22-16-4-3-5-17(14-16)23-10-12-24(13-11-23)20(26)8-9-25-18-6-1-2-7-19(18)28-15-21(25)27/h1-7,14H,8-13,15H2. The molecule has 2 aliphatic rings. The number of hydrogen-bond donors (Lipinski definition) is 0. The third-order valence-electron chi connectivity index (χ3n) is 5.16. The van der Waals surface area contributed by atoms with Crippen LogP contribution in [0.15, 0.2) is 48.5 Å². The summed E-state index contributed by atoms with van der Waals surface area (Å²) in [6, 6.07) is 15.2. The van der Waals surface area contributed by atoms with Crippen LogP contribution in [0.2, 0.25) is 5.02 Å². The monoisotopic (exact) mass is 399 g/mol. The SMILES string of the molecule is O=C(CCN1C(=O)COc2ccccc21)N1CCN(c2cccc(Cl)c2)CC1. The van der Waals surface area contributed by atoms with E-state index in [1.165, 1.54) is 0 Å². The number of amides is 2. The van der Waals surface area contributed by atoms with Gasteiger partial charge < -0.3 is 19.4 Å². The van der Waals surface area contributed by atoms with Gasteiger partial charge in [0.2, 0.25) is 5.91 Å². The van der Waals surface area contributed by atoms with Gasteiger partial charge in [-0.1, -0.05) is 29.8 Å². The summed E-state index contributed by atoms with van der Waals surface area (Å²) in [5.41, 5.74) is 1.81. The predicted octanol–water partition coefficient (Wildman–Crippen LogP) is 2.80. The average Bonchev–Trinajstić information content (AvgIpc) is 2.73. The molecule has 0 aromatic heterocycles. The Labute approximate surface area is 169 Å². The fraction of sp³-hybridized carbons (Fsp3) is 0.333. The van der Waals surface area contributed by atoms with Crippen molar-refractivity contribution in [3.63, 3.8) is 0 Å². The minimum absolute atomic E-state index is 0.0174. The summed E-state index contributed by atoms with van der Waals surface area (Å²) in [6.45, 7) is 3.25. The lowest BCUT2D eigenvalue weighted by molar-refractivity contribution is -0.131. The number of para-hydroxylation sites is 2. The maximum atomic E-state index is 12.7. The Morgan fingerprint density at radius 3 is 2.61 bits per heavy atom. The third-order valence-corrected chi connectivity index (χ3v) is 5.40. The lowest BCUT2D eigenvalue weighted by atomic mass is 10.2. The van der Waals surface area contributed by atoms with E-state index >= 15 is 0 Å². The Hall–Kier alpha value is -2.73. The molecule has 0 bridgehead atoms. The van der Waals surface area contributed by atoms with Crippen molar-refractivity contribution in [3.05, 3.63) is 53.6 Å². The number of carbonyl (C=O) groups is 2. The summed E-state index contributed by atoms with van der Waals surface area (Å²) in [6.07, 6.45) is 0.303. The number of anilines is 2. The van der Waals surface area contributed by atoms with Crippen LogP contribution in [0.1, 0.15) is 6.42 Å². The van der Waals surface area contributed by atoms with Gasteiger partial charge in [0.25, 0.3) is 5.91 Å². The number of nitrogens with zero attached hydrogens (tertiary/aromatic N) is 3. The van der Waals surface area contributed by atoms with E-state index < -0.39 is 0 Å². The van der Waals surface area contributed by atoms with E-state index in [0.29, 0.717) is 36.8 Å². The van der Waals surface area contributed by atoms with Gasteiger partial charge in [0, 0.05) is 49.9 Å². The number of fused-ring (bicyclic) bond motifs is 1. The molecule has 1 fully saturated rings. The molecule has 0 radical (unpaired) electrons. The highest BCUT2D eigenvalue weighted by molar-refractivity contribution is 6.30. The minimum atomic E-state index is -0.114. The summed E-state index contributed by atoms with van der Waals surface area (Å²) in [5.74, 6) is 0.643. The van der Waals surface area contributed by atoms with E-state index in [1.54, 1.807) is 4.90 Å². The zero-order valence-corrected chi connectivity index (χ0v) is 16.3. The first-order valence-electron chi connectivity index (χ1n) is 9.42. The van der Waals surface area contributed by atoms with E-state index in [0.717, 1.165) is 24.5 Å². The molecule has 0 aliphatic carbocycles. The fourth-order valence-corrected chi connectivity index (χ4v) is 3.84. The van der Waals surface area contributed by atoms with Gasteiger partial charge in [0.1, 0.15) is 5.75 Å². The summed E-state index contributed by atoms with van der Waals surface area (Å²) in [4.78, 5) is 30.7. The number of ether oxygens (including phenoxy) is 1. The number of hydrogen-bond acceptors (Lipinski definition) is 4. The Morgan fingerprint density at radius 2 is 1.82 bits per heavy atom. The van der Waals surface area contributed by atoms with Crippen molar-refractivity contribution in [2.75, 3.05) is 49.1 Å². The molecule has 1 saturated heterocycles. The molecule has 2 amide bonds. The molecular formula is C21H22ClN3O3. The van der Waals surface area contributed by atoms with E-state index in [2.05, 4.69) is 4.90 Å². The highest BCUT2D eigenvalue weighted by Gasteiger charge is 2.27. The quantitative estimate of drug-likeness (QED) is 0.793. The molecule has 28 heavy (non-hydrogen) atoms. The third kappa shape index (κ3) is 3.92. The second-order valence-corrected chi connectivity index (χ2v) is 7.34. The molecule has 6 nitrogen and oxygen atoms in total. The van der Waals surface area contributed by atoms with Crippen LogP contribution >= 0.6 is 11.6 Å². The van der Waals surface area contributed by atoms with Crippen molar-refractivity contribution < 1.29 is 14.3 Å². The van der Waals surface area contributed by atoms with E-state index in [9.17, 15) is 9.59 Å².